The third-order valence-electron chi connectivity index (χ3n) is 6.81. The molecule has 10 heteroatoms. The van der Waals surface area contributed by atoms with Gasteiger partial charge in [0.1, 0.15) is 29.8 Å². The van der Waals surface area contributed by atoms with Crippen molar-refractivity contribution < 1.29 is 43.3 Å². The van der Waals surface area contributed by atoms with Crippen LogP contribution >= 0.6 is 0 Å². The average Bonchev–Trinajstić information content (AvgIpc) is 2.84. The molecule has 2 N–H and O–H groups in total. The van der Waals surface area contributed by atoms with Crippen molar-refractivity contribution in [3.8, 4) is 0 Å². The summed E-state index contributed by atoms with van der Waals surface area (Å²) in [5.41, 5.74) is -0.420. The molecule has 0 aromatic rings. The number of rotatable bonds is 4. The Morgan fingerprint density at radius 3 is 2.21 bits per heavy atom. The molecule has 0 aromatic heterocycles. The highest BCUT2D eigenvalue weighted by Crippen LogP contribution is 2.38. The van der Waals surface area contributed by atoms with E-state index < -0.39 is 71.4 Å². The molecule has 214 valence electrons. The Kier molecular flexibility index (Phi) is 11.0. The molecule has 0 saturated carbocycles. The number of carbonyl (C=O) groups excluding carboxylic acids is 5. The van der Waals surface area contributed by atoms with Crippen LogP contribution in [0.3, 0.4) is 0 Å². The summed E-state index contributed by atoms with van der Waals surface area (Å²) in [4.78, 5) is 63.1. The van der Waals surface area contributed by atoms with E-state index in [0.29, 0.717) is 12.0 Å². The zero-order valence-electron chi connectivity index (χ0n) is 23.6. The predicted octanol–water partition coefficient (Wildman–Crippen LogP) is 2.65. The topological polar surface area (TPSA) is 145 Å². The molecule has 7 unspecified atom stereocenters. The van der Waals surface area contributed by atoms with E-state index in [1.54, 1.807) is 38.2 Å². The average molecular weight is 546 g/mol. The fraction of sp³-hybridized carbons (Fsp3) is 0.552. The first-order valence-corrected chi connectivity index (χ1v) is 12.9. The first kappa shape index (κ1) is 31.7. The fourth-order valence-corrected chi connectivity index (χ4v) is 4.46. The first-order chi connectivity index (χ1) is 18.1. The van der Waals surface area contributed by atoms with Crippen LogP contribution in [-0.4, -0.2) is 65.2 Å². The lowest BCUT2D eigenvalue weighted by atomic mass is 9.69. The Bertz CT molecular complexity index is 1100. The van der Waals surface area contributed by atoms with Crippen LogP contribution in [0.15, 0.2) is 47.6 Å². The first-order valence-electron chi connectivity index (χ1n) is 12.9. The molecule has 2 heterocycles. The zero-order valence-corrected chi connectivity index (χ0v) is 23.6. The van der Waals surface area contributed by atoms with Crippen LogP contribution in [0.5, 0.6) is 0 Å². The molecule has 1 aliphatic carbocycles. The molecule has 3 rings (SSSR count). The number of Topliss-reactive ketones (excluding diaryl/α,β-unsaturated/α-hetero) is 1. The van der Waals surface area contributed by atoms with Crippen molar-refractivity contribution in [2.75, 3.05) is 0 Å². The van der Waals surface area contributed by atoms with Gasteiger partial charge in [0.05, 0.1) is 12.0 Å². The van der Waals surface area contributed by atoms with E-state index in [-0.39, 0.29) is 6.42 Å². The summed E-state index contributed by atoms with van der Waals surface area (Å²) < 4.78 is 16.6. The minimum absolute atomic E-state index is 0.0509. The number of esters is 3. The molecule has 0 radical (unpaired) electrons. The van der Waals surface area contributed by atoms with Crippen molar-refractivity contribution in [3.05, 3.63) is 47.6 Å². The molecule has 1 amide bonds. The van der Waals surface area contributed by atoms with Gasteiger partial charge in [-0.1, -0.05) is 42.4 Å². The second-order valence-electron chi connectivity index (χ2n) is 10.3. The van der Waals surface area contributed by atoms with Crippen molar-refractivity contribution in [2.45, 2.75) is 91.8 Å². The molecule has 10 nitrogen and oxygen atoms in total. The fourth-order valence-electron chi connectivity index (χ4n) is 4.46. The van der Waals surface area contributed by atoms with Gasteiger partial charge >= 0.3 is 17.9 Å². The van der Waals surface area contributed by atoms with Gasteiger partial charge in [0, 0.05) is 26.7 Å². The summed E-state index contributed by atoms with van der Waals surface area (Å²) in [5.74, 6) is -3.86. The van der Waals surface area contributed by atoms with E-state index >= 15 is 0 Å². The van der Waals surface area contributed by atoms with Crippen molar-refractivity contribution in [2.24, 2.45) is 11.3 Å². The number of hydrogen-bond acceptors (Lipinski definition) is 9. The Labute approximate surface area is 229 Å². The van der Waals surface area contributed by atoms with Crippen molar-refractivity contribution in [3.63, 3.8) is 0 Å². The van der Waals surface area contributed by atoms with E-state index in [0.717, 1.165) is 5.57 Å². The molecule has 3 aliphatic rings. The number of aliphatic hydroxyl groups is 1. The highest BCUT2D eigenvalue weighted by atomic mass is 16.6. The maximum Gasteiger partial charge on any atom is 0.322 e. The minimum atomic E-state index is -1.80. The monoisotopic (exact) mass is 545 g/mol. The summed E-state index contributed by atoms with van der Waals surface area (Å²) >= 11 is 0. The standard InChI is InChI=1S/C29H39NO9/c1-16-8-11-22(37-20(5)32)12-10-17(2)14-25(30-27(35)19(4)31)29(7)26(34)18(3)24(39-28(29)36)15-23(13-9-16)38-21(6)33/h8-10,12-14,18-19,22-25,31H,11,15H2,1-7H3,(H,30,35)/b12-10-,13-9-,16-8-,17-14-. The highest BCUT2D eigenvalue weighted by molar-refractivity contribution is 6.08. The number of hydrogen-bond donors (Lipinski definition) is 2. The molecule has 7 atom stereocenters. The summed E-state index contributed by atoms with van der Waals surface area (Å²) in [6, 6.07) is -1.15. The smallest absolute Gasteiger partial charge is 0.322 e. The van der Waals surface area contributed by atoms with E-state index in [1.807, 2.05) is 13.0 Å². The summed E-state index contributed by atoms with van der Waals surface area (Å²) in [5, 5.41) is 12.4. The number of carbonyl (C=O) groups is 5. The predicted molar refractivity (Wildman–Crippen MR) is 142 cm³/mol. The maximum atomic E-state index is 13.8. The largest absolute Gasteiger partial charge is 0.461 e. The highest BCUT2D eigenvalue weighted by Gasteiger charge is 2.56. The van der Waals surface area contributed by atoms with Gasteiger partial charge in [-0.25, -0.2) is 0 Å². The van der Waals surface area contributed by atoms with Gasteiger partial charge in [0.15, 0.2) is 5.78 Å². The van der Waals surface area contributed by atoms with E-state index in [4.69, 9.17) is 14.2 Å². The Morgan fingerprint density at radius 1 is 1.05 bits per heavy atom. The zero-order chi connectivity index (χ0) is 29.5. The SMILES string of the molecule is CC(=O)OC1/C=C\C(C)=C/C(NC(=O)C(C)O)C2(C)C(=O)OC(CC(OC(C)=O)/C=C\C(C)=C/C1)C(C)C2=O. The molecule has 2 bridgehead atoms. The number of aliphatic hydroxyl groups excluding tert-OH is 1. The number of nitrogens with one attached hydrogen (secondary N) is 1. The quantitative estimate of drug-likeness (QED) is 0.309. The lowest BCUT2D eigenvalue weighted by molar-refractivity contribution is -0.182. The van der Waals surface area contributed by atoms with Gasteiger partial charge in [-0.3, -0.25) is 24.0 Å². The molecule has 1 saturated heterocycles. The molecular formula is C29H39NO9. The molecule has 0 aromatic carbocycles. The van der Waals surface area contributed by atoms with Crippen molar-refractivity contribution in [1.82, 2.24) is 5.32 Å². The second-order valence-corrected chi connectivity index (χ2v) is 10.3. The summed E-state index contributed by atoms with van der Waals surface area (Å²) in [7, 11) is 0. The lowest BCUT2D eigenvalue weighted by Crippen LogP contribution is -2.62. The van der Waals surface area contributed by atoms with Gasteiger partial charge in [0.25, 0.3) is 0 Å². The van der Waals surface area contributed by atoms with E-state index in [2.05, 4.69) is 5.32 Å². The normalized spacial score (nSPS) is 35.1. The molecule has 1 fully saturated rings. The van der Waals surface area contributed by atoms with Gasteiger partial charge < -0.3 is 24.6 Å². The Morgan fingerprint density at radius 2 is 1.62 bits per heavy atom. The summed E-state index contributed by atoms with van der Waals surface area (Å²) in [6.07, 6.45) is 6.87. The Balaban J connectivity index is 2.66. The Hall–Kier alpha value is -3.53. The van der Waals surface area contributed by atoms with Crippen LogP contribution in [-0.2, 0) is 38.2 Å². The van der Waals surface area contributed by atoms with Crippen LogP contribution in [0.25, 0.3) is 0 Å². The maximum absolute atomic E-state index is 13.8. The van der Waals surface area contributed by atoms with Crippen LogP contribution in [0.1, 0.15) is 61.3 Å². The second kappa shape index (κ2) is 13.5. The van der Waals surface area contributed by atoms with Crippen LogP contribution in [0, 0.1) is 11.3 Å². The van der Waals surface area contributed by atoms with E-state index in [9.17, 15) is 29.1 Å². The van der Waals surface area contributed by atoms with Gasteiger partial charge in [-0.15, -0.1) is 0 Å². The molecular weight excluding hydrogens is 506 g/mol. The summed E-state index contributed by atoms with van der Waals surface area (Å²) in [6.45, 7) is 10.4. The van der Waals surface area contributed by atoms with Crippen LogP contribution < -0.4 is 5.32 Å². The van der Waals surface area contributed by atoms with Gasteiger partial charge in [0.2, 0.25) is 5.91 Å². The third-order valence-corrected chi connectivity index (χ3v) is 6.81. The van der Waals surface area contributed by atoms with E-state index in [1.165, 1.54) is 33.8 Å². The number of ether oxygens (including phenoxy) is 3. The van der Waals surface area contributed by atoms with Crippen molar-refractivity contribution in [1.29, 1.82) is 0 Å². The van der Waals surface area contributed by atoms with Crippen LogP contribution in [0.4, 0.5) is 0 Å². The number of amides is 1. The van der Waals surface area contributed by atoms with Gasteiger partial charge in [-0.05, 0) is 39.8 Å². The van der Waals surface area contributed by atoms with Gasteiger partial charge in [-0.2, -0.15) is 0 Å². The molecule has 0 spiro atoms. The third kappa shape index (κ3) is 8.48. The molecule has 39 heavy (non-hydrogen) atoms. The number of fused-ring (bicyclic) bond motifs is 10. The number of allylic oxidation sites excluding steroid dienone is 4. The lowest BCUT2D eigenvalue weighted by Gasteiger charge is -2.42. The van der Waals surface area contributed by atoms with Crippen molar-refractivity contribution >= 4 is 29.6 Å². The minimum Gasteiger partial charge on any atom is -0.461 e. The van der Waals surface area contributed by atoms with Crippen LogP contribution in [0.2, 0.25) is 0 Å². The number of ketones is 1. The molecule has 2 aliphatic heterocycles.